The van der Waals surface area contributed by atoms with Crippen molar-refractivity contribution in [3.05, 3.63) is 0 Å². The van der Waals surface area contributed by atoms with Crippen molar-refractivity contribution in [2.24, 2.45) is 0 Å². The Kier molecular flexibility index (Phi) is 1.83. The molecule has 6 nitrogen and oxygen atoms in total. The first-order valence-corrected chi connectivity index (χ1v) is 2.22. The maximum absolute atomic E-state index is 9.78. The summed E-state index contributed by atoms with van der Waals surface area (Å²) in [5, 5.41) is 8.00. The third kappa shape index (κ3) is 1.84. The zero-order valence-corrected chi connectivity index (χ0v) is 4.36. The van der Waals surface area contributed by atoms with Gasteiger partial charge in [-0.3, -0.25) is 0 Å². The molecule has 1 aliphatic heterocycles. The first-order chi connectivity index (χ1) is 4.29. The number of hydroxylamine groups is 1. The summed E-state index contributed by atoms with van der Waals surface area (Å²) in [5.74, 6) is 0. The summed E-state index contributed by atoms with van der Waals surface area (Å²) in [5.41, 5.74) is 2.16. The maximum atomic E-state index is 9.78. The quantitative estimate of drug-likeness (QED) is 0.372. The molecule has 1 saturated heterocycles. The maximum Gasteiger partial charge on any atom is 0.507 e. The third-order valence-electron chi connectivity index (χ3n) is 0.701. The Labute approximate surface area is 50.2 Å². The molecule has 1 heterocycles. The van der Waals surface area contributed by atoms with Gasteiger partial charge in [-0.15, -0.1) is 10.5 Å². The molecular weight excluding hydrogens is 130 g/mol. The average molecular weight is 135 g/mol. The monoisotopic (exact) mass is 135 g/mol. The molecule has 1 fully saturated rings. The minimum Gasteiger partial charge on any atom is -0.450 e. The van der Waals surface area contributed by atoms with Crippen molar-refractivity contribution in [1.29, 1.82) is 0 Å². The highest BCUT2D eigenvalue weighted by molar-refractivity contribution is 5.56. The highest BCUT2D eigenvalue weighted by Crippen LogP contribution is 1.96. The number of carbonyl (C=O) groups is 1. The molecule has 0 aromatic carbocycles. The van der Waals surface area contributed by atoms with Crippen LogP contribution in [-0.4, -0.2) is 24.1 Å². The van der Waals surface area contributed by atoms with Gasteiger partial charge in [0.05, 0.1) is 0 Å². The van der Waals surface area contributed by atoms with Crippen LogP contribution in [0.5, 0.6) is 0 Å². The highest BCUT2D eigenvalue weighted by Gasteiger charge is 2.19. The second kappa shape index (κ2) is 2.62. The molecule has 0 aromatic rings. The molecule has 52 valence electrons. The topological polar surface area (TPSA) is 77.0 Å². The first-order valence-electron chi connectivity index (χ1n) is 2.22. The van der Waals surface area contributed by atoms with E-state index in [0.717, 1.165) is 0 Å². The molecule has 1 aliphatic rings. The van der Waals surface area contributed by atoms with Crippen LogP contribution in [0.2, 0.25) is 0 Å². The third-order valence-corrected chi connectivity index (χ3v) is 0.701. The molecule has 2 N–H and O–H groups in total. The Hall–Kier alpha value is -0.850. The Morgan fingerprint density at radius 3 is 3.11 bits per heavy atom. The van der Waals surface area contributed by atoms with Crippen molar-refractivity contribution in [3.63, 3.8) is 0 Å². The van der Waals surface area contributed by atoms with Crippen LogP contribution in [0.4, 0.5) is 4.79 Å². The second-order valence-electron chi connectivity index (χ2n) is 1.36. The SMILES string of the molecule is O=C(O)OC1COON1. The van der Waals surface area contributed by atoms with Crippen molar-refractivity contribution in [3.8, 4) is 0 Å². The van der Waals surface area contributed by atoms with Gasteiger partial charge in [0.15, 0.2) is 0 Å². The highest BCUT2D eigenvalue weighted by atomic mass is 17.3. The molecule has 0 amide bonds. The summed E-state index contributed by atoms with van der Waals surface area (Å²) < 4.78 is 4.17. The van der Waals surface area contributed by atoms with Crippen LogP contribution in [0.25, 0.3) is 0 Å². The Bertz CT molecular complexity index is 109. The van der Waals surface area contributed by atoms with E-state index < -0.39 is 12.4 Å². The Morgan fingerprint density at radius 2 is 2.67 bits per heavy atom. The van der Waals surface area contributed by atoms with Crippen LogP contribution in [0.15, 0.2) is 0 Å². The predicted octanol–water partition coefficient (Wildman–Crippen LogP) is -0.527. The van der Waals surface area contributed by atoms with E-state index in [4.69, 9.17) is 5.11 Å². The number of ether oxygens (including phenoxy) is 1. The van der Waals surface area contributed by atoms with Crippen LogP contribution in [0, 0.1) is 0 Å². The van der Waals surface area contributed by atoms with E-state index in [-0.39, 0.29) is 6.61 Å². The fourth-order valence-electron chi connectivity index (χ4n) is 0.397. The molecule has 1 rings (SSSR count). The summed E-state index contributed by atoms with van der Waals surface area (Å²) in [4.78, 5) is 18.2. The van der Waals surface area contributed by atoms with Gasteiger partial charge in [-0.25, -0.2) is 9.68 Å². The number of rotatable bonds is 1. The minimum atomic E-state index is -1.36. The van der Waals surface area contributed by atoms with Gasteiger partial charge < -0.3 is 9.84 Å². The fourth-order valence-corrected chi connectivity index (χ4v) is 0.397. The lowest BCUT2D eigenvalue weighted by atomic mass is 10.6. The molecule has 0 radical (unpaired) electrons. The molecule has 9 heavy (non-hydrogen) atoms. The van der Waals surface area contributed by atoms with E-state index >= 15 is 0 Å². The zero-order chi connectivity index (χ0) is 6.69. The van der Waals surface area contributed by atoms with E-state index in [0.29, 0.717) is 0 Å². The average Bonchev–Trinajstić information content (AvgIpc) is 2.15. The zero-order valence-electron chi connectivity index (χ0n) is 4.36. The number of hydrogen-bond donors (Lipinski definition) is 2. The lowest BCUT2D eigenvalue weighted by Crippen LogP contribution is -2.28. The molecule has 0 bridgehead atoms. The lowest BCUT2D eigenvalue weighted by Gasteiger charge is -2.02. The van der Waals surface area contributed by atoms with Gasteiger partial charge in [0, 0.05) is 0 Å². The fraction of sp³-hybridized carbons (Fsp3) is 0.667. The summed E-state index contributed by atoms with van der Waals surface area (Å²) in [6, 6.07) is 0. The Balaban J connectivity index is 2.19. The van der Waals surface area contributed by atoms with Gasteiger partial charge in [0.1, 0.15) is 6.61 Å². The molecule has 1 unspecified atom stereocenters. The summed E-state index contributed by atoms with van der Waals surface area (Å²) in [6.07, 6.45) is -2.07. The van der Waals surface area contributed by atoms with Crippen LogP contribution < -0.4 is 5.48 Å². The molecular formula is C3H5NO5. The number of carboxylic acid groups (broad SMARTS) is 1. The normalized spacial score (nSPS) is 26.0. The van der Waals surface area contributed by atoms with Crippen molar-refractivity contribution in [2.45, 2.75) is 6.23 Å². The molecule has 0 spiro atoms. The summed E-state index contributed by atoms with van der Waals surface area (Å²) in [6.45, 7) is 0.0757. The van der Waals surface area contributed by atoms with E-state index in [1.165, 1.54) is 0 Å². The van der Waals surface area contributed by atoms with E-state index in [2.05, 4.69) is 20.1 Å². The van der Waals surface area contributed by atoms with Crippen molar-refractivity contribution < 1.29 is 24.5 Å². The largest absolute Gasteiger partial charge is 0.507 e. The predicted molar refractivity (Wildman–Crippen MR) is 23.1 cm³/mol. The first kappa shape index (κ1) is 6.27. The van der Waals surface area contributed by atoms with Gasteiger partial charge in [-0.05, 0) is 0 Å². The van der Waals surface area contributed by atoms with E-state index in [1.807, 2.05) is 0 Å². The van der Waals surface area contributed by atoms with Crippen molar-refractivity contribution in [1.82, 2.24) is 5.48 Å². The number of nitrogens with one attached hydrogen (secondary N) is 1. The molecule has 6 heteroatoms. The van der Waals surface area contributed by atoms with Gasteiger partial charge in [-0.2, -0.15) is 0 Å². The van der Waals surface area contributed by atoms with Gasteiger partial charge >= 0.3 is 6.16 Å². The molecule has 0 aromatic heterocycles. The van der Waals surface area contributed by atoms with Crippen LogP contribution in [0.1, 0.15) is 0 Å². The second-order valence-corrected chi connectivity index (χ2v) is 1.36. The molecule has 0 saturated carbocycles. The summed E-state index contributed by atoms with van der Waals surface area (Å²) in [7, 11) is 0. The molecule has 0 aliphatic carbocycles. The van der Waals surface area contributed by atoms with Crippen LogP contribution in [0.3, 0.4) is 0 Å². The summed E-state index contributed by atoms with van der Waals surface area (Å²) >= 11 is 0. The Morgan fingerprint density at radius 1 is 1.89 bits per heavy atom. The van der Waals surface area contributed by atoms with Crippen molar-refractivity contribution >= 4 is 6.16 Å². The smallest absolute Gasteiger partial charge is 0.450 e. The lowest BCUT2D eigenvalue weighted by molar-refractivity contribution is -0.286. The van der Waals surface area contributed by atoms with Gasteiger partial charge in [0.25, 0.3) is 0 Å². The minimum absolute atomic E-state index is 0.0757. The van der Waals surface area contributed by atoms with E-state index in [1.54, 1.807) is 0 Å². The standard InChI is InChI=1S/C3H5NO5/c5-3(6)8-2-1-7-9-4-2/h2,4H,1H2,(H,5,6). The van der Waals surface area contributed by atoms with Crippen molar-refractivity contribution in [2.75, 3.05) is 6.61 Å². The van der Waals surface area contributed by atoms with E-state index in [9.17, 15) is 4.79 Å². The molecule has 1 atom stereocenters. The van der Waals surface area contributed by atoms with Gasteiger partial charge in [0.2, 0.25) is 6.23 Å². The number of hydrogen-bond acceptors (Lipinski definition) is 5. The van der Waals surface area contributed by atoms with Crippen LogP contribution >= 0.6 is 0 Å². The van der Waals surface area contributed by atoms with Crippen LogP contribution in [-0.2, 0) is 14.6 Å². The van der Waals surface area contributed by atoms with Gasteiger partial charge in [-0.1, -0.05) is 0 Å².